The van der Waals surface area contributed by atoms with E-state index in [0.29, 0.717) is 30.5 Å². The van der Waals surface area contributed by atoms with Crippen LogP contribution in [0.4, 0.5) is 0 Å². The van der Waals surface area contributed by atoms with Crippen molar-refractivity contribution in [3.8, 4) is 17.1 Å². The molecule has 1 N–H and O–H groups in total. The zero-order valence-electron chi connectivity index (χ0n) is 17.8. The summed E-state index contributed by atoms with van der Waals surface area (Å²) in [6.07, 6.45) is 3.29. The van der Waals surface area contributed by atoms with Gasteiger partial charge in [0.05, 0.1) is 5.56 Å². The van der Waals surface area contributed by atoms with Crippen LogP contribution in [-0.4, -0.2) is 45.0 Å². The second kappa shape index (κ2) is 8.81. The third-order valence-electron chi connectivity index (χ3n) is 5.42. The predicted molar refractivity (Wildman–Crippen MR) is 111 cm³/mol. The lowest BCUT2D eigenvalue weighted by Crippen LogP contribution is -2.49. The number of nitrogens with one attached hydrogen (secondary N) is 1. The van der Waals surface area contributed by atoms with Crippen LogP contribution in [0.15, 0.2) is 35.0 Å². The number of nitrogens with zero attached hydrogens (tertiary/aromatic N) is 4. The molecule has 3 aromatic heterocycles. The van der Waals surface area contributed by atoms with E-state index < -0.39 is 0 Å². The molecule has 0 aliphatic carbocycles. The van der Waals surface area contributed by atoms with Crippen molar-refractivity contribution in [1.29, 1.82) is 0 Å². The van der Waals surface area contributed by atoms with Gasteiger partial charge in [0.2, 0.25) is 5.88 Å². The van der Waals surface area contributed by atoms with Crippen molar-refractivity contribution < 1.29 is 18.8 Å². The van der Waals surface area contributed by atoms with Crippen LogP contribution >= 0.6 is 0 Å². The highest BCUT2D eigenvalue weighted by atomic mass is 16.5. The third kappa shape index (κ3) is 4.88. The van der Waals surface area contributed by atoms with Crippen LogP contribution in [0.5, 0.6) is 5.88 Å². The summed E-state index contributed by atoms with van der Waals surface area (Å²) in [7, 11) is 0. The molecule has 0 saturated carbocycles. The minimum Gasteiger partial charge on any atom is -0.472 e. The lowest BCUT2D eigenvalue weighted by Gasteiger charge is -2.34. The molecular weight excluding hydrogens is 398 g/mol. The van der Waals surface area contributed by atoms with Gasteiger partial charge in [0.15, 0.2) is 5.69 Å². The summed E-state index contributed by atoms with van der Waals surface area (Å²) >= 11 is 0. The topological polar surface area (TPSA) is 112 Å². The highest BCUT2D eigenvalue weighted by Crippen LogP contribution is 2.26. The van der Waals surface area contributed by atoms with E-state index in [-0.39, 0.29) is 23.7 Å². The maximum atomic E-state index is 12.5. The van der Waals surface area contributed by atoms with Crippen LogP contribution in [0, 0.1) is 13.8 Å². The monoisotopic (exact) mass is 423 g/mol. The molecule has 9 heteroatoms. The molecule has 162 valence electrons. The number of carbonyl (C=O) groups excluding carboxylic acids is 1. The van der Waals surface area contributed by atoms with Crippen LogP contribution < -0.4 is 10.1 Å². The summed E-state index contributed by atoms with van der Waals surface area (Å²) in [5.74, 6) is 0.708. The Morgan fingerprint density at radius 1 is 1.16 bits per heavy atom. The van der Waals surface area contributed by atoms with Gasteiger partial charge in [-0.3, -0.25) is 9.78 Å². The Bertz CT molecular complexity index is 1040. The van der Waals surface area contributed by atoms with Gasteiger partial charge in [-0.05, 0) is 51.8 Å². The van der Waals surface area contributed by atoms with Gasteiger partial charge in [-0.1, -0.05) is 5.16 Å². The van der Waals surface area contributed by atoms with E-state index in [1.165, 1.54) is 0 Å². The van der Waals surface area contributed by atoms with Gasteiger partial charge in [-0.2, -0.15) is 0 Å². The van der Waals surface area contributed by atoms with E-state index in [1.807, 2.05) is 32.9 Å². The molecule has 0 bridgehead atoms. The Kier molecular flexibility index (Phi) is 5.94. The molecule has 0 aromatic carbocycles. The molecule has 1 saturated heterocycles. The first-order chi connectivity index (χ1) is 14.9. The molecule has 1 amide bonds. The number of amides is 1. The van der Waals surface area contributed by atoms with Crippen LogP contribution in [0.3, 0.4) is 0 Å². The smallest absolute Gasteiger partial charge is 0.272 e. The quantitative estimate of drug-likeness (QED) is 0.644. The number of aryl methyl sites for hydroxylation is 2. The maximum Gasteiger partial charge on any atom is 0.272 e. The minimum atomic E-state index is -0.292. The van der Waals surface area contributed by atoms with E-state index in [1.54, 1.807) is 18.3 Å². The first-order valence-corrected chi connectivity index (χ1v) is 10.2. The van der Waals surface area contributed by atoms with Crippen molar-refractivity contribution in [2.24, 2.45) is 0 Å². The number of ether oxygens (including phenoxy) is 2. The fraction of sp³-hybridized carbons (Fsp3) is 0.409. The molecular formula is C22H25N5O4. The van der Waals surface area contributed by atoms with Crippen molar-refractivity contribution in [3.05, 3.63) is 53.2 Å². The summed E-state index contributed by atoms with van der Waals surface area (Å²) in [5.41, 5.74) is 3.21. The molecule has 1 aliphatic heterocycles. The Balaban J connectivity index is 1.41. The van der Waals surface area contributed by atoms with Crippen LogP contribution in [-0.2, 0) is 11.3 Å². The second-order valence-corrected chi connectivity index (χ2v) is 7.93. The first kappa shape index (κ1) is 20.9. The van der Waals surface area contributed by atoms with Crippen molar-refractivity contribution in [1.82, 2.24) is 25.7 Å². The average molecular weight is 423 g/mol. The van der Waals surface area contributed by atoms with Crippen molar-refractivity contribution in [2.75, 3.05) is 13.2 Å². The standard InChI is InChI=1S/C22H25N5O4/c1-14-4-5-16(12-23-14)20-17(15(2)31-27-20)13-30-19-7-6-18(25-26-19)21(28)24-22(3)8-10-29-11-9-22/h4-7,12H,8-11,13H2,1-3H3,(H,24,28). The van der Waals surface area contributed by atoms with Gasteiger partial charge < -0.3 is 19.3 Å². The van der Waals surface area contributed by atoms with Gasteiger partial charge in [0, 0.05) is 42.3 Å². The van der Waals surface area contributed by atoms with Crippen molar-refractivity contribution >= 4 is 5.91 Å². The number of aromatic nitrogens is 4. The first-order valence-electron chi connectivity index (χ1n) is 10.2. The molecule has 31 heavy (non-hydrogen) atoms. The predicted octanol–water partition coefficient (Wildman–Crippen LogP) is 3.02. The number of pyridine rings is 1. The van der Waals surface area contributed by atoms with Crippen molar-refractivity contribution in [3.63, 3.8) is 0 Å². The lowest BCUT2D eigenvalue weighted by atomic mass is 9.92. The number of hydrogen-bond donors (Lipinski definition) is 1. The average Bonchev–Trinajstić information content (AvgIpc) is 3.13. The molecule has 0 radical (unpaired) electrons. The number of hydrogen-bond acceptors (Lipinski definition) is 8. The second-order valence-electron chi connectivity index (χ2n) is 7.93. The SMILES string of the molecule is Cc1ccc(-c2noc(C)c2COc2ccc(C(=O)NC3(C)CCOCC3)nn2)cn1. The van der Waals surface area contributed by atoms with Crippen molar-refractivity contribution in [2.45, 2.75) is 45.8 Å². The Hall–Kier alpha value is -3.33. The Labute approximate surface area is 180 Å². The molecule has 4 rings (SSSR count). The van der Waals surface area contributed by atoms with Gasteiger partial charge in [-0.25, -0.2) is 0 Å². The highest BCUT2D eigenvalue weighted by molar-refractivity contribution is 5.92. The molecule has 1 aliphatic rings. The van der Waals surface area contributed by atoms with E-state index in [2.05, 4.69) is 25.7 Å². The lowest BCUT2D eigenvalue weighted by molar-refractivity contribution is 0.0421. The summed E-state index contributed by atoms with van der Waals surface area (Å²) < 4.78 is 16.5. The normalized spacial score (nSPS) is 15.5. The molecule has 1 fully saturated rings. The minimum absolute atomic E-state index is 0.205. The van der Waals surface area contributed by atoms with Crippen LogP contribution in [0.25, 0.3) is 11.3 Å². The Morgan fingerprint density at radius 3 is 2.65 bits per heavy atom. The van der Waals surface area contributed by atoms with E-state index in [4.69, 9.17) is 14.0 Å². The number of rotatable bonds is 6. The van der Waals surface area contributed by atoms with E-state index in [0.717, 1.165) is 29.7 Å². The summed E-state index contributed by atoms with van der Waals surface area (Å²) in [6, 6.07) is 7.09. The van der Waals surface area contributed by atoms with Crippen LogP contribution in [0.1, 0.15) is 47.3 Å². The third-order valence-corrected chi connectivity index (χ3v) is 5.42. The fourth-order valence-electron chi connectivity index (χ4n) is 3.35. The summed E-state index contributed by atoms with van der Waals surface area (Å²) in [4.78, 5) is 16.8. The largest absolute Gasteiger partial charge is 0.472 e. The Morgan fingerprint density at radius 2 is 1.97 bits per heavy atom. The molecule has 0 spiro atoms. The zero-order chi connectivity index (χ0) is 21.8. The molecule has 0 unspecified atom stereocenters. The fourth-order valence-corrected chi connectivity index (χ4v) is 3.35. The number of carbonyl (C=O) groups is 1. The summed E-state index contributed by atoms with van der Waals surface area (Å²) in [5, 5.41) is 15.2. The van der Waals surface area contributed by atoms with Gasteiger partial charge >= 0.3 is 0 Å². The molecule has 0 atom stereocenters. The van der Waals surface area contributed by atoms with E-state index in [9.17, 15) is 4.79 Å². The highest BCUT2D eigenvalue weighted by Gasteiger charge is 2.29. The van der Waals surface area contributed by atoms with Crippen LogP contribution in [0.2, 0.25) is 0 Å². The van der Waals surface area contributed by atoms with E-state index >= 15 is 0 Å². The molecule has 9 nitrogen and oxygen atoms in total. The van der Waals surface area contributed by atoms with Gasteiger partial charge in [0.25, 0.3) is 5.91 Å². The zero-order valence-corrected chi connectivity index (χ0v) is 17.8. The van der Waals surface area contributed by atoms with Gasteiger partial charge in [0.1, 0.15) is 18.1 Å². The summed E-state index contributed by atoms with van der Waals surface area (Å²) in [6.45, 7) is 7.25. The molecule has 4 heterocycles. The van der Waals surface area contributed by atoms with Gasteiger partial charge in [-0.15, -0.1) is 10.2 Å². The molecule has 3 aromatic rings. The maximum absolute atomic E-state index is 12.5.